The minimum Gasteiger partial charge on any atom is -0.368 e. The molecule has 0 saturated carbocycles. The van der Waals surface area contributed by atoms with E-state index in [9.17, 15) is 23.9 Å². The van der Waals surface area contributed by atoms with Gasteiger partial charge in [-0.25, -0.2) is 0 Å². The Kier molecular flexibility index (Phi) is 6.56. The van der Waals surface area contributed by atoms with Crippen LogP contribution in [-0.4, -0.2) is 32.7 Å². The maximum absolute atomic E-state index is 12.2. The number of rotatable bonds is 8. The summed E-state index contributed by atoms with van der Waals surface area (Å²) in [7, 11) is -1.34. The Labute approximate surface area is 152 Å². The first-order chi connectivity index (χ1) is 12.4. The number of nitrogens with two attached hydrogens (primary N) is 1. The molecule has 0 radical (unpaired) electrons. The van der Waals surface area contributed by atoms with Crippen LogP contribution in [0.4, 0.5) is 5.69 Å². The number of non-ortho nitro benzene ring substituents is 1. The smallest absolute Gasteiger partial charge is 0.270 e. The van der Waals surface area contributed by atoms with E-state index in [-0.39, 0.29) is 23.4 Å². The van der Waals surface area contributed by atoms with E-state index in [1.807, 2.05) is 0 Å². The van der Waals surface area contributed by atoms with Gasteiger partial charge in [0.15, 0.2) is 0 Å². The largest absolute Gasteiger partial charge is 0.368 e. The molecule has 9 heteroatoms. The van der Waals surface area contributed by atoms with Gasteiger partial charge in [-0.15, -0.1) is 0 Å². The summed E-state index contributed by atoms with van der Waals surface area (Å²) in [6.07, 6.45) is 0.0809. The van der Waals surface area contributed by atoms with Crippen LogP contribution in [0.3, 0.4) is 0 Å². The van der Waals surface area contributed by atoms with Crippen molar-refractivity contribution in [3.63, 3.8) is 0 Å². The summed E-state index contributed by atoms with van der Waals surface area (Å²) >= 11 is 0. The fourth-order valence-electron chi connectivity index (χ4n) is 2.20. The van der Waals surface area contributed by atoms with Gasteiger partial charge < -0.3 is 11.1 Å². The number of nitrogens with zero attached hydrogens (tertiary/aromatic N) is 1. The molecule has 8 nitrogen and oxygen atoms in total. The number of amides is 2. The Morgan fingerprint density at radius 1 is 1.15 bits per heavy atom. The topological polar surface area (TPSA) is 132 Å². The third-order valence-electron chi connectivity index (χ3n) is 3.57. The van der Waals surface area contributed by atoms with E-state index >= 15 is 0 Å². The fourth-order valence-corrected chi connectivity index (χ4v) is 3.35. The molecule has 2 rings (SSSR count). The number of benzene rings is 2. The molecule has 0 aliphatic rings. The van der Waals surface area contributed by atoms with Crippen molar-refractivity contribution in [2.24, 2.45) is 5.73 Å². The maximum Gasteiger partial charge on any atom is 0.270 e. The van der Waals surface area contributed by atoms with Crippen LogP contribution in [0.25, 0.3) is 0 Å². The van der Waals surface area contributed by atoms with Gasteiger partial charge in [0.05, 0.1) is 15.7 Å². The molecule has 2 aromatic carbocycles. The molecular formula is C17H17N3O5S. The molecule has 0 aromatic heterocycles. The summed E-state index contributed by atoms with van der Waals surface area (Å²) in [4.78, 5) is 34.6. The number of hydrogen-bond donors (Lipinski definition) is 2. The zero-order valence-electron chi connectivity index (χ0n) is 13.7. The highest BCUT2D eigenvalue weighted by Crippen LogP contribution is 2.13. The number of hydrogen-bond acceptors (Lipinski definition) is 5. The van der Waals surface area contributed by atoms with Gasteiger partial charge in [-0.2, -0.15) is 0 Å². The minimum atomic E-state index is -1.34. The number of primary amides is 1. The first-order valence-electron chi connectivity index (χ1n) is 7.66. The normalized spacial score (nSPS) is 12.8. The molecule has 0 spiro atoms. The molecule has 136 valence electrons. The number of carbonyl (C=O) groups excluding carboxylic acids is 2. The molecule has 0 unspecified atom stereocenters. The van der Waals surface area contributed by atoms with Crippen molar-refractivity contribution in [2.75, 3.05) is 5.75 Å². The summed E-state index contributed by atoms with van der Waals surface area (Å²) in [5.74, 6) is -1.30. The van der Waals surface area contributed by atoms with Gasteiger partial charge in [0.25, 0.3) is 11.6 Å². The summed E-state index contributed by atoms with van der Waals surface area (Å²) in [6.45, 7) is 0. The highest BCUT2D eigenvalue weighted by molar-refractivity contribution is 7.85. The van der Waals surface area contributed by atoms with Crippen molar-refractivity contribution in [1.29, 1.82) is 0 Å². The first-order valence-corrected chi connectivity index (χ1v) is 8.98. The van der Waals surface area contributed by atoms with Crippen molar-refractivity contribution in [3.8, 4) is 0 Å². The zero-order valence-corrected chi connectivity index (χ0v) is 14.5. The number of carbonyl (C=O) groups is 2. The Bertz CT molecular complexity index is 841. The average molecular weight is 375 g/mol. The zero-order chi connectivity index (χ0) is 19.1. The van der Waals surface area contributed by atoms with Crippen LogP contribution in [0.15, 0.2) is 59.5 Å². The number of nitro benzene ring substituents is 1. The van der Waals surface area contributed by atoms with Crippen LogP contribution in [0.1, 0.15) is 16.8 Å². The Morgan fingerprint density at radius 3 is 2.46 bits per heavy atom. The first kappa shape index (κ1) is 19.3. The summed E-state index contributed by atoms with van der Waals surface area (Å²) in [5, 5.41) is 13.2. The molecule has 2 aromatic rings. The van der Waals surface area contributed by atoms with Gasteiger partial charge in [0.2, 0.25) is 5.91 Å². The molecule has 0 bridgehead atoms. The van der Waals surface area contributed by atoms with Crippen LogP contribution in [0.2, 0.25) is 0 Å². The van der Waals surface area contributed by atoms with Gasteiger partial charge in [0.1, 0.15) is 6.04 Å². The van der Waals surface area contributed by atoms with E-state index < -0.39 is 33.6 Å². The van der Waals surface area contributed by atoms with Crippen LogP contribution in [-0.2, 0) is 15.6 Å². The van der Waals surface area contributed by atoms with Crippen LogP contribution < -0.4 is 11.1 Å². The summed E-state index contributed by atoms with van der Waals surface area (Å²) in [5.41, 5.74) is 5.10. The van der Waals surface area contributed by atoms with Crippen molar-refractivity contribution in [3.05, 3.63) is 70.3 Å². The number of nitrogens with one attached hydrogen (secondary N) is 1. The van der Waals surface area contributed by atoms with Gasteiger partial charge in [0, 0.05) is 28.3 Å². The highest BCUT2D eigenvalue weighted by atomic mass is 32.2. The third-order valence-corrected chi connectivity index (χ3v) is 4.97. The Balaban J connectivity index is 2.02. The maximum atomic E-state index is 12.2. The SMILES string of the molecule is NC(=O)[C@@H](CC[S@@](=O)c1ccccc1)NC(=O)c1cccc([N+](=O)[O-])c1. The van der Waals surface area contributed by atoms with Crippen LogP contribution in [0, 0.1) is 10.1 Å². The lowest BCUT2D eigenvalue weighted by molar-refractivity contribution is -0.384. The monoisotopic (exact) mass is 375 g/mol. The van der Waals surface area contributed by atoms with Crippen LogP contribution >= 0.6 is 0 Å². The minimum absolute atomic E-state index is 0.0367. The second-order valence-corrected chi connectivity index (χ2v) is 6.96. The van der Waals surface area contributed by atoms with Crippen molar-refractivity contribution in [2.45, 2.75) is 17.4 Å². The molecule has 0 aliphatic heterocycles. The predicted molar refractivity (Wildman–Crippen MR) is 95.9 cm³/mol. The van der Waals surface area contributed by atoms with E-state index in [0.29, 0.717) is 4.90 Å². The lowest BCUT2D eigenvalue weighted by atomic mass is 10.1. The summed E-state index contributed by atoms with van der Waals surface area (Å²) < 4.78 is 12.2. The highest BCUT2D eigenvalue weighted by Gasteiger charge is 2.21. The Hall–Kier alpha value is -3.07. The van der Waals surface area contributed by atoms with E-state index in [1.54, 1.807) is 30.3 Å². The second-order valence-electron chi connectivity index (χ2n) is 5.39. The predicted octanol–water partition coefficient (Wildman–Crippen LogP) is 1.38. The summed E-state index contributed by atoms with van der Waals surface area (Å²) in [6, 6.07) is 12.8. The van der Waals surface area contributed by atoms with Gasteiger partial charge in [-0.3, -0.25) is 23.9 Å². The molecule has 0 heterocycles. The van der Waals surface area contributed by atoms with E-state index in [2.05, 4.69) is 5.32 Å². The van der Waals surface area contributed by atoms with E-state index in [1.165, 1.54) is 18.2 Å². The molecule has 26 heavy (non-hydrogen) atoms. The Morgan fingerprint density at radius 2 is 1.85 bits per heavy atom. The molecule has 0 aliphatic carbocycles. The molecular weight excluding hydrogens is 358 g/mol. The molecule has 2 amide bonds. The van der Waals surface area contributed by atoms with E-state index in [4.69, 9.17) is 5.73 Å². The van der Waals surface area contributed by atoms with Crippen molar-refractivity contribution >= 4 is 28.3 Å². The number of nitro groups is 1. The molecule has 0 saturated heterocycles. The fraction of sp³-hybridized carbons (Fsp3) is 0.176. The quantitative estimate of drug-likeness (QED) is 0.531. The average Bonchev–Trinajstić information content (AvgIpc) is 2.65. The second kappa shape index (κ2) is 8.86. The third kappa shape index (κ3) is 5.21. The molecule has 0 fully saturated rings. The molecule has 2 atom stereocenters. The van der Waals surface area contributed by atoms with Crippen molar-refractivity contribution < 1.29 is 18.7 Å². The van der Waals surface area contributed by atoms with Crippen LogP contribution in [0.5, 0.6) is 0 Å². The van der Waals surface area contributed by atoms with Gasteiger partial charge in [-0.1, -0.05) is 24.3 Å². The van der Waals surface area contributed by atoms with Gasteiger partial charge >= 0.3 is 0 Å². The van der Waals surface area contributed by atoms with Gasteiger partial charge in [-0.05, 0) is 24.6 Å². The standard InChI is InChI=1S/C17H17N3O5S/c18-16(21)15(9-10-26(25)14-7-2-1-3-8-14)19-17(22)12-5-4-6-13(11-12)20(23)24/h1-8,11,15H,9-10H2,(H2,18,21)(H,19,22)/t15-,26-/m1/s1. The van der Waals surface area contributed by atoms with E-state index in [0.717, 1.165) is 6.07 Å². The lowest BCUT2D eigenvalue weighted by Gasteiger charge is -2.15. The van der Waals surface area contributed by atoms with Crippen molar-refractivity contribution in [1.82, 2.24) is 5.32 Å². The lowest BCUT2D eigenvalue weighted by Crippen LogP contribution is -2.45. The molecule has 3 N–H and O–H groups in total.